The van der Waals surface area contributed by atoms with Gasteiger partial charge in [-0.2, -0.15) is 0 Å². The Morgan fingerprint density at radius 1 is 1.29 bits per heavy atom. The lowest BCUT2D eigenvalue weighted by atomic mass is 10.0. The van der Waals surface area contributed by atoms with Crippen molar-refractivity contribution in [3.63, 3.8) is 0 Å². The maximum Gasteiger partial charge on any atom is 0.0597 e. The lowest BCUT2D eigenvalue weighted by Gasteiger charge is -2.34. The minimum absolute atomic E-state index is 0.387. The van der Waals surface area contributed by atoms with Crippen molar-refractivity contribution in [2.45, 2.75) is 50.2 Å². The van der Waals surface area contributed by atoms with Crippen LogP contribution in [0.25, 0.3) is 0 Å². The SMILES string of the molecule is CC(C)C[C@H](N)CC1(C)SCCCS1. The fourth-order valence-corrected chi connectivity index (χ4v) is 5.08. The molecule has 0 unspecified atom stereocenters. The lowest BCUT2D eigenvalue weighted by Crippen LogP contribution is -2.33. The van der Waals surface area contributed by atoms with Crippen LogP contribution in [-0.2, 0) is 0 Å². The smallest absolute Gasteiger partial charge is 0.0597 e. The van der Waals surface area contributed by atoms with E-state index in [4.69, 9.17) is 5.73 Å². The van der Waals surface area contributed by atoms with Crippen LogP contribution in [0.4, 0.5) is 0 Å². The molecule has 1 aliphatic rings. The van der Waals surface area contributed by atoms with Crippen molar-refractivity contribution in [2.75, 3.05) is 11.5 Å². The van der Waals surface area contributed by atoms with Crippen LogP contribution in [-0.4, -0.2) is 21.6 Å². The number of thioether (sulfide) groups is 2. The second-order valence-corrected chi connectivity index (χ2v) is 8.23. The Morgan fingerprint density at radius 3 is 2.36 bits per heavy atom. The van der Waals surface area contributed by atoms with Crippen LogP contribution in [0.2, 0.25) is 0 Å². The van der Waals surface area contributed by atoms with Gasteiger partial charge in [-0.15, -0.1) is 23.5 Å². The zero-order valence-electron chi connectivity index (χ0n) is 9.58. The molecule has 0 amide bonds. The molecule has 3 heteroatoms. The molecule has 14 heavy (non-hydrogen) atoms. The molecule has 0 spiro atoms. The number of hydrogen-bond acceptors (Lipinski definition) is 3. The molecule has 0 radical (unpaired) electrons. The molecule has 0 bridgehead atoms. The Kier molecular flexibility index (Phi) is 5.15. The zero-order valence-corrected chi connectivity index (χ0v) is 11.2. The van der Waals surface area contributed by atoms with E-state index >= 15 is 0 Å². The van der Waals surface area contributed by atoms with Crippen molar-refractivity contribution in [3.8, 4) is 0 Å². The third-order valence-corrected chi connectivity index (χ3v) is 5.76. The summed E-state index contributed by atoms with van der Waals surface area (Å²) in [5, 5.41) is 0. The molecule has 0 saturated carbocycles. The summed E-state index contributed by atoms with van der Waals surface area (Å²) in [5.41, 5.74) is 6.16. The fraction of sp³-hybridized carbons (Fsp3) is 1.00. The first-order chi connectivity index (χ1) is 6.52. The summed E-state index contributed by atoms with van der Waals surface area (Å²) >= 11 is 4.21. The Bertz CT molecular complexity index is 165. The molecule has 0 aromatic carbocycles. The molecule has 1 fully saturated rings. The third-order valence-electron chi connectivity index (χ3n) is 2.51. The van der Waals surface area contributed by atoms with Crippen LogP contribution >= 0.6 is 23.5 Å². The van der Waals surface area contributed by atoms with Gasteiger partial charge < -0.3 is 5.73 Å². The summed E-state index contributed by atoms with van der Waals surface area (Å²) in [6, 6.07) is 0.387. The summed E-state index contributed by atoms with van der Waals surface area (Å²) < 4.78 is 0.395. The molecule has 1 nitrogen and oxygen atoms in total. The second-order valence-electron chi connectivity index (χ2n) is 4.78. The standard InChI is InChI=1S/C11H23NS2/c1-9(2)7-10(12)8-11(3)13-5-4-6-14-11/h9-10H,4-8,12H2,1-3H3/t10-/m0/s1. The van der Waals surface area contributed by atoms with Gasteiger partial charge >= 0.3 is 0 Å². The van der Waals surface area contributed by atoms with E-state index in [-0.39, 0.29) is 0 Å². The summed E-state index contributed by atoms with van der Waals surface area (Å²) in [5.74, 6) is 3.36. The fourth-order valence-electron chi connectivity index (χ4n) is 1.96. The largest absolute Gasteiger partial charge is 0.328 e. The van der Waals surface area contributed by atoms with Crippen molar-refractivity contribution in [1.82, 2.24) is 0 Å². The Balaban J connectivity index is 2.33. The summed E-state index contributed by atoms with van der Waals surface area (Å²) in [4.78, 5) is 0. The molecule has 1 rings (SSSR count). The molecule has 84 valence electrons. The summed E-state index contributed by atoms with van der Waals surface area (Å²) in [7, 11) is 0. The van der Waals surface area contributed by atoms with Crippen LogP contribution in [0.1, 0.15) is 40.0 Å². The molecule has 0 aromatic rings. The Labute approximate surface area is 97.0 Å². The van der Waals surface area contributed by atoms with Gasteiger partial charge in [-0.3, -0.25) is 0 Å². The summed E-state index contributed by atoms with van der Waals surface area (Å²) in [6.07, 6.45) is 3.70. The quantitative estimate of drug-likeness (QED) is 0.806. The van der Waals surface area contributed by atoms with Gasteiger partial charge in [0.25, 0.3) is 0 Å². The minimum Gasteiger partial charge on any atom is -0.328 e. The zero-order chi connectivity index (χ0) is 10.6. The normalized spacial score (nSPS) is 23.8. The number of hydrogen-bond donors (Lipinski definition) is 1. The molecule has 1 atom stereocenters. The van der Waals surface area contributed by atoms with E-state index in [1.165, 1.54) is 24.3 Å². The van der Waals surface area contributed by atoms with E-state index < -0.39 is 0 Å². The molecular formula is C11H23NS2. The van der Waals surface area contributed by atoms with Crippen molar-refractivity contribution in [1.29, 1.82) is 0 Å². The maximum absolute atomic E-state index is 6.16. The van der Waals surface area contributed by atoms with E-state index in [1.54, 1.807) is 0 Å². The maximum atomic E-state index is 6.16. The lowest BCUT2D eigenvalue weighted by molar-refractivity contribution is 0.465. The average Bonchev–Trinajstić information content (AvgIpc) is 2.02. The molecule has 1 aliphatic heterocycles. The summed E-state index contributed by atoms with van der Waals surface area (Å²) in [6.45, 7) is 6.87. The van der Waals surface area contributed by atoms with Gasteiger partial charge in [0.15, 0.2) is 0 Å². The molecular weight excluding hydrogens is 210 g/mol. The van der Waals surface area contributed by atoms with E-state index in [0.717, 1.165) is 12.3 Å². The van der Waals surface area contributed by atoms with Crippen molar-refractivity contribution < 1.29 is 0 Å². The van der Waals surface area contributed by atoms with Gasteiger partial charge in [-0.25, -0.2) is 0 Å². The predicted octanol–water partition coefficient (Wildman–Crippen LogP) is 3.34. The van der Waals surface area contributed by atoms with Crippen molar-refractivity contribution >= 4 is 23.5 Å². The monoisotopic (exact) mass is 233 g/mol. The van der Waals surface area contributed by atoms with E-state index in [1.807, 2.05) is 0 Å². The first-order valence-corrected chi connectivity index (χ1v) is 7.52. The van der Waals surface area contributed by atoms with Crippen LogP contribution in [0.3, 0.4) is 0 Å². The van der Waals surface area contributed by atoms with Crippen LogP contribution in [0.15, 0.2) is 0 Å². The van der Waals surface area contributed by atoms with Gasteiger partial charge in [0, 0.05) is 6.04 Å². The van der Waals surface area contributed by atoms with E-state index in [9.17, 15) is 0 Å². The highest BCUT2D eigenvalue weighted by Crippen LogP contribution is 2.45. The highest BCUT2D eigenvalue weighted by molar-refractivity contribution is 8.18. The highest BCUT2D eigenvalue weighted by atomic mass is 32.2. The topological polar surface area (TPSA) is 26.0 Å². The van der Waals surface area contributed by atoms with Crippen LogP contribution in [0, 0.1) is 5.92 Å². The van der Waals surface area contributed by atoms with Crippen LogP contribution < -0.4 is 5.73 Å². The van der Waals surface area contributed by atoms with Gasteiger partial charge in [0.05, 0.1) is 4.08 Å². The molecule has 2 N–H and O–H groups in total. The Hall–Kier alpha value is 0.660. The van der Waals surface area contributed by atoms with E-state index in [2.05, 4.69) is 44.3 Å². The first kappa shape index (κ1) is 12.7. The van der Waals surface area contributed by atoms with Crippen molar-refractivity contribution in [2.24, 2.45) is 11.7 Å². The predicted molar refractivity (Wildman–Crippen MR) is 70.0 cm³/mol. The molecule has 0 aromatic heterocycles. The van der Waals surface area contributed by atoms with Crippen molar-refractivity contribution in [3.05, 3.63) is 0 Å². The number of nitrogens with two attached hydrogens (primary N) is 1. The van der Waals surface area contributed by atoms with E-state index in [0.29, 0.717) is 10.1 Å². The molecule has 0 aliphatic carbocycles. The molecule has 1 saturated heterocycles. The van der Waals surface area contributed by atoms with Crippen LogP contribution in [0.5, 0.6) is 0 Å². The third kappa shape index (κ3) is 4.45. The average molecular weight is 233 g/mol. The van der Waals surface area contributed by atoms with Gasteiger partial charge in [-0.05, 0) is 43.6 Å². The number of rotatable bonds is 4. The first-order valence-electron chi connectivity index (χ1n) is 5.55. The second kappa shape index (κ2) is 5.66. The van der Waals surface area contributed by atoms with Gasteiger partial charge in [-0.1, -0.05) is 13.8 Å². The minimum atomic E-state index is 0.387. The van der Waals surface area contributed by atoms with Gasteiger partial charge in [0.2, 0.25) is 0 Å². The van der Waals surface area contributed by atoms with Gasteiger partial charge in [0.1, 0.15) is 0 Å². The molecule has 1 heterocycles. The Morgan fingerprint density at radius 2 is 1.86 bits per heavy atom. The highest BCUT2D eigenvalue weighted by Gasteiger charge is 2.30.